The lowest BCUT2D eigenvalue weighted by Crippen LogP contribution is -2.30. The van der Waals surface area contributed by atoms with Crippen LogP contribution in [-0.2, 0) is 6.54 Å². The molecule has 0 aliphatic carbocycles. The van der Waals surface area contributed by atoms with E-state index in [9.17, 15) is 0 Å². The van der Waals surface area contributed by atoms with E-state index in [1.807, 2.05) is 6.20 Å². The summed E-state index contributed by atoms with van der Waals surface area (Å²) in [6, 6.07) is 9.11. The van der Waals surface area contributed by atoms with Crippen LogP contribution in [0.1, 0.15) is 26.3 Å². The smallest absolute Gasteiger partial charge is 0.0457 e. The molecule has 1 heterocycles. The van der Waals surface area contributed by atoms with Gasteiger partial charge in [-0.1, -0.05) is 26.0 Å². The Morgan fingerprint density at radius 3 is 2.75 bits per heavy atom. The van der Waals surface area contributed by atoms with Crippen LogP contribution in [0.25, 0.3) is 10.9 Å². The monoisotopic (exact) mass is 216 g/mol. The van der Waals surface area contributed by atoms with Crippen molar-refractivity contribution in [2.45, 2.75) is 33.4 Å². The number of aromatic nitrogens is 1. The number of rotatable bonds is 4. The van der Waals surface area contributed by atoms with E-state index in [0.29, 0.717) is 12.0 Å². The van der Waals surface area contributed by atoms with Crippen molar-refractivity contribution < 1.29 is 0 Å². The first-order valence-corrected chi connectivity index (χ1v) is 5.97. The zero-order valence-electron chi connectivity index (χ0n) is 10.2. The second-order valence-electron chi connectivity index (χ2n) is 4.77. The Balaban J connectivity index is 2.12. The van der Waals surface area contributed by atoms with Gasteiger partial charge in [-0.2, -0.15) is 0 Å². The molecule has 16 heavy (non-hydrogen) atoms. The molecular formula is C14H20N2. The molecule has 2 nitrogen and oxygen atoms in total. The maximum atomic E-state index is 3.57. The minimum absolute atomic E-state index is 0.550. The van der Waals surface area contributed by atoms with Crippen molar-refractivity contribution in [3.8, 4) is 0 Å². The Morgan fingerprint density at radius 2 is 2.00 bits per heavy atom. The van der Waals surface area contributed by atoms with Crippen LogP contribution in [0.15, 0.2) is 30.5 Å². The summed E-state index contributed by atoms with van der Waals surface area (Å²) in [5, 5.41) is 4.89. The molecule has 2 heteroatoms. The van der Waals surface area contributed by atoms with E-state index >= 15 is 0 Å². The minimum atomic E-state index is 0.550. The summed E-state index contributed by atoms with van der Waals surface area (Å²) >= 11 is 0. The quantitative estimate of drug-likeness (QED) is 0.806. The zero-order chi connectivity index (χ0) is 11.5. The predicted octanol–water partition coefficient (Wildman–Crippen LogP) is 3.30. The van der Waals surface area contributed by atoms with Gasteiger partial charge in [-0.05, 0) is 30.5 Å². The van der Waals surface area contributed by atoms with Crippen LogP contribution in [0, 0.1) is 5.92 Å². The van der Waals surface area contributed by atoms with Crippen molar-refractivity contribution in [1.29, 1.82) is 0 Å². The molecule has 0 saturated heterocycles. The number of nitrogens with one attached hydrogen (secondary N) is 2. The Morgan fingerprint density at radius 1 is 1.19 bits per heavy atom. The van der Waals surface area contributed by atoms with Crippen LogP contribution in [-0.4, -0.2) is 11.0 Å². The summed E-state index contributed by atoms with van der Waals surface area (Å²) in [6.45, 7) is 7.67. The first-order chi connectivity index (χ1) is 7.68. The highest BCUT2D eigenvalue weighted by Crippen LogP contribution is 2.17. The number of hydrogen-bond donors (Lipinski definition) is 2. The maximum absolute atomic E-state index is 3.57. The fraction of sp³-hybridized carbons (Fsp3) is 0.429. The van der Waals surface area contributed by atoms with Gasteiger partial charge in [0.25, 0.3) is 0 Å². The van der Waals surface area contributed by atoms with Gasteiger partial charge in [0.2, 0.25) is 0 Å². The van der Waals surface area contributed by atoms with Crippen molar-refractivity contribution in [2.75, 3.05) is 0 Å². The third-order valence-corrected chi connectivity index (χ3v) is 3.30. The van der Waals surface area contributed by atoms with Gasteiger partial charge >= 0.3 is 0 Å². The molecule has 1 unspecified atom stereocenters. The molecular weight excluding hydrogens is 196 g/mol. The van der Waals surface area contributed by atoms with Crippen molar-refractivity contribution in [1.82, 2.24) is 10.3 Å². The first kappa shape index (κ1) is 11.2. The molecule has 0 aliphatic heterocycles. The Bertz CT molecular complexity index is 456. The van der Waals surface area contributed by atoms with Gasteiger partial charge in [0, 0.05) is 29.7 Å². The van der Waals surface area contributed by atoms with Gasteiger partial charge < -0.3 is 10.3 Å². The molecule has 0 bridgehead atoms. The molecule has 0 fully saturated rings. The summed E-state index contributed by atoms with van der Waals surface area (Å²) in [6.07, 6.45) is 2.00. The standard InChI is InChI=1S/C14H20N2/c1-10(2)11(3)16-9-12-5-4-6-14-13(12)7-8-15-14/h4-8,10-11,15-16H,9H2,1-3H3. The summed E-state index contributed by atoms with van der Waals surface area (Å²) in [7, 11) is 0. The van der Waals surface area contributed by atoms with Crippen LogP contribution in [0.5, 0.6) is 0 Å². The predicted molar refractivity (Wildman–Crippen MR) is 69.4 cm³/mol. The van der Waals surface area contributed by atoms with Crippen LogP contribution in [0.3, 0.4) is 0 Å². The van der Waals surface area contributed by atoms with Crippen LogP contribution < -0.4 is 5.32 Å². The highest BCUT2D eigenvalue weighted by molar-refractivity contribution is 5.82. The van der Waals surface area contributed by atoms with E-state index in [1.54, 1.807) is 0 Å². The number of benzene rings is 1. The highest BCUT2D eigenvalue weighted by atomic mass is 14.9. The maximum Gasteiger partial charge on any atom is 0.0457 e. The molecule has 0 aliphatic rings. The normalized spacial score (nSPS) is 13.5. The van der Waals surface area contributed by atoms with E-state index < -0.39 is 0 Å². The molecule has 1 aromatic heterocycles. The van der Waals surface area contributed by atoms with E-state index in [2.05, 4.69) is 55.3 Å². The molecule has 1 atom stereocenters. The van der Waals surface area contributed by atoms with Crippen molar-refractivity contribution in [3.63, 3.8) is 0 Å². The van der Waals surface area contributed by atoms with Crippen LogP contribution >= 0.6 is 0 Å². The average Bonchev–Trinajstić information content (AvgIpc) is 2.73. The third-order valence-electron chi connectivity index (χ3n) is 3.30. The number of H-pyrrole nitrogens is 1. The third kappa shape index (κ3) is 2.27. The molecule has 2 rings (SSSR count). The Kier molecular flexibility index (Phi) is 3.30. The highest BCUT2D eigenvalue weighted by Gasteiger charge is 2.07. The summed E-state index contributed by atoms with van der Waals surface area (Å²) in [5.41, 5.74) is 2.59. The Hall–Kier alpha value is -1.28. The van der Waals surface area contributed by atoms with Gasteiger partial charge in [-0.25, -0.2) is 0 Å². The minimum Gasteiger partial charge on any atom is -0.361 e. The van der Waals surface area contributed by atoms with Crippen molar-refractivity contribution in [3.05, 3.63) is 36.0 Å². The van der Waals surface area contributed by atoms with E-state index in [1.165, 1.54) is 16.5 Å². The van der Waals surface area contributed by atoms with Gasteiger partial charge in [0.05, 0.1) is 0 Å². The molecule has 1 aromatic carbocycles. The van der Waals surface area contributed by atoms with E-state index in [0.717, 1.165) is 6.54 Å². The summed E-state index contributed by atoms with van der Waals surface area (Å²) in [5.74, 6) is 0.672. The molecule has 0 radical (unpaired) electrons. The number of hydrogen-bond acceptors (Lipinski definition) is 1. The fourth-order valence-corrected chi connectivity index (χ4v) is 1.81. The fourth-order valence-electron chi connectivity index (χ4n) is 1.81. The lowest BCUT2D eigenvalue weighted by molar-refractivity contribution is 0.427. The van der Waals surface area contributed by atoms with Gasteiger partial charge in [-0.15, -0.1) is 0 Å². The zero-order valence-corrected chi connectivity index (χ0v) is 10.2. The lowest BCUT2D eigenvalue weighted by atomic mass is 10.1. The largest absolute Gasteiger partial charge is 0.361 e. The topological polar surface area (TPSA) is 27.8 Å². The van der Waals surface area contributed by atoms with Crippen LogP contribution in [0.2, 0.25) is 0 Å². The van der Waals surface area contributed by atoms with Crippen molar-refractivity contribution in [2.24, 2.45) is 5.92 Å². The molecule has 2 N–H and O–H groups in total. The molecule has 0 saturated carbocycles. The number of aromatic amines is 1. The average molecular weight is 216 g/mol. The van der Waals surface area contributed by atoms with Crippen molar-refractivity contribution >= 4 is 10.9 Å². The van der Waals surface area contributed by atoms with Crippen LogP contribution in [0.4, 0.5) is 0 Å². The SMILES string of the molecule is CC(C)C(C)NCc1cccc2[nH]ccc12. The Labute approximate surface area is 97.1 Å². The number of fused-ring (bicyclic) bond motifs is 1. The van der Waals surface area contributed by atoms with E-state index in [4.69, 9.17) is 0 Å². The molecule has 0 amide bonds. The first-order valence-electron chi connectivity index (χ1n) is 5.97. The molecule has 86 valence electrons. The second kappa shape index (κ2) is 4.71. The van der Waals surface area contributed by atoms with Gasteiger partial charge in [0.15, 0.2) is 0 Å². The summed E-state index contributed by atoms with van der Waals surface area (Å²) in [4.78, 5) is 3.24. The molecule has 0 spiro atoms. The lowest BCUT2D eigenvalue weighted by Gasteiger charge is -2.17. The summed E-state index contributed by atoms with van der Waals surface area (Å²) < 4.78 is 0. The second-order valence-corrected chi connectivity index (χ2v) is 4.77. The van der Waals surface area contributed by atoms with Gasteiger partial charge in [-0.3, -0.25) is 0 Å². The molecule has 2 aromatic rings. The van der Waals surface area contributed by atoms with Gasteiger partial charge in [0.1, 0.15) is 0 Å². The van der Waals surface area contributed by atoms with E-state index in [-0.39, 0.29) is 0 Å².